The number of piperidine rings is 1. The van der Waals surface area contributed by atoms with Crippen LogP contribution >= 0.6 is 11.3 Å². The largest absolute Gasteiger partial charge is 0.393 e. The maximum atomic E-state index is 10.2. The Hall–Kier alpha value is -0.650. The number of aliphatic hydroxyl groups is 2. The molecule has 0 amide bonds. The van der Waals surface area contributed by atoms with Crippen molar-refractivity contribution in [3.05, 3.63) is 11.1 Å². The van der Waals surface area contributed by atoms with E-state index in [-0.39, 0.29) is 12.7 Å². The second-order valence-corrected chi connectivity index (χ2v) is 6.64. The Balaban J connectivity index is 1.85. The summed E-state index contributed by atoms with van der Waals surface area (Å²) in [5.74, 6) is 0.982. The summed E-state index contributed by atoms with van der Waals surface area (Å²) < 4.78 is 0. The van der Waals surface area contributed by atoms with E-state index in [0.717, 1.165) is 43.2 Å². The number of thiazole rings is 1. The Kier molecular flexibility index (Phi) is 5.19. The monoisotopic (exact) mass is 284 g/mol. The minimum Gasteiger partial charge on any atom is -0.393 e. The first kappa shape index (κ1) is 14.8. The molecule has 1 atom stereocenters. The van der Waals surface area contributed by atoms with Crippen LogP contribution in [0.1, 0.15) is 38.8 Å². The van der Waals surface area contributed by atoms with E-state index in [4.69, 9.17) is 5.11 Å². The number of hydrogen-bond donors (Lipinski definition) is 2. The lowest BCUT2D eigenvalue weighted by molar-refractivity contribution is 0.0735. The van der Waals surface area contributed by atoms with Gasteiger partial charge in [-0.05, 0) is 31.1 Å². The second-order valence-electron chi connectivity index (χ2n) is 5.80. The molecule has 2 rings (SSSR count). The van der Waals surface area contributed by atoms with Crippen molar-refractivity contribution in [2.75, 3.05) is 18.0 Å². The van der Waals surface area contributed by atoms with E-state index in [1.165, 1.54) is 0 Å². The van der Waals surface area contributed by atoms with Crippen LogP contribution in [0.4, 0.5) is 5.13 Å². The number of aliphatic hydroxyl groups excluding tert-OH is 2. The maximum Gasteiger partial charge on any atom is 0.185 e. The van der Waals surface area contributed by atoms with Gasteiger partial charge in [-0.3, -0.25) is 0 Å². The van der Waals surface area contributed by atoms with Gasteiger partial charge in [-0.15, -0.1) is 11.3 Å². The number of aromatic nitrogens is 1. The van der Waals surface area contributed by atoms with Crippen LogP contribution in [0.15, 0.2) is 5.38 Å². The fourth-order valence-electron chi connectivity index (χ4n) is 2.67. The van der Waals surface area contributed by atoms with E-state index >= 15 is 0 Å². The molecule has 0 radical (unpaired) electrons. The zero-order chi connectivity index (χ0) is 13.8. The van der Waals surface area contributed by atoms with Crippen LogP contribution in [-0.4, -0.2) is 34.4 Å². The molecule has 1 aliphatic heterocycles. The fourth-order valence-corrected chi connectivity index (χ4v) is 3.54. The van der Waals surface area contributed by atoms with Gasteiger partial charge in [0.05, 0.1) is 18.4 Å². The van der Waals surface area contributed by atoms with E-state index < -0.39 is 0 Å². The van der Waals surface area contributed by atoms with Crippen LogP contribution in [0.3, 0.4) is 0 Å². The molecule has 1 aliphatic rings. The Labute approximate surface area is 119 Å². The van der Waals surface area contributed by atoms with Crippen molar-refractivity contribution in [3.8, 4) is 0 Å². The number of nitrogens with zero attached hydrogens (tertiary/aromatic N) is 2. The molecule has 0 spiro atoms. The molecular weight excluding hydrogens is 260 g/mol. The molecule has 1 saturated heterocycles. The second kappa shape index (κ2) is 6.68. The van der Waals surface area contributed by atoms with E-state index in [0.29, 0.717) is 11.8 Å². The molecule has 1 unspecified atom stereocenters. The van der Waals surface area contributed by atoms with Crippen LogP contribution < -0.4 is 4.90 Å². The predicted octanol–water partition coefficient (Wildman–Crippen LogP) is 2.26. The van der Waals surface area contributed by atoms with Gasteiger partial charge < -0.3 is 15.1 Å². The van der Waals surface area contributed by atoms with Crippen molar-refractivity contribution in [2.24, 2.45) is 11.8 Å². The SMILES string of the molecule is CC(C)CC(O)C1CCN(c2nc(CO)cs2)CC1. The number of anilines is 1. The van der Waals surface area contributed by atoms with E-state index in [9.17, 15) is 5.11 Å². The van der Waals surface area contributed by atoms with Gasteiger partial charge in [0.2, 0.25) is 0 Å². The van der Waals surface area contributed by atoms with Crippen molar-refractivity contribution in [3.63, 3.8) is 0 Å². The van der Waals surface area contributed by atoms with Gasteiger partial charge in [0.15, 0.2) is 5.13 Å². The molecule has 1 aromatic heterocycles. The summed E-state index contributed by atoms with van der Waals surface area (Å²) in [6, 6.07) is 0. The molecular formula is C14H24N2O2S. The van der Waals surface area contributed by atoms with E-state index in [1.807, 2.05) is 5.38 Å². The molecule has 1 aromatic rings. The van der Waals surface area contributed by atoms with Gasteiger partial charge in [0.1, 0.15) is 0 Å². The third kappa shape index (κ3) is 3.91. The lowest BCUT2D eigenvalue weighted by atomic mass is 9.87. The highest BCUT2D eigenvalue weighted by Gasteiger charge is 2.26. The standard InChI is InChI=1S/C14H24N2O2S/c1-10(2)7-13(18)11-3-5-16(6-4-11)14-15-12(8-17)9-19-14/h9-11,13,17-18H,3-8H2,1-2H3. The van der Waals surface area contributed by atoms with Crippen molar-refractivity contribution in [2.45, 2.75) is 45.8 Å². The first-order valence-electron chi connectivity index (χ1n) is 7.08. The summed E-state index contributed by atoms with van der Waals surface area (Å²) in [4.78, 5) is 6.67. The number of rotatable bonds is 5. The molecule has 0 aromatic carbocycles. The predicted molar refractivity (Wildman–Crippen MR) is 78.4 cm³/mol. The van der Waals surface area contributed by atoms with Crippen molar-refractivity contribution >= 4 is 16.5 Å². The fraction of sp³-hybridized carbons (Fsp3) is 0.786. The van der Waals surface area contributed by atoms with Gasteiger partial charge in [-0.25, -0.2) is 4.98 Å². The summed E-state index contributed by atoms with van der Waals surface area (Å²) in [7, 11) is 0. The summed E-state index contributed by atoms with van der Waals surface area (Å²) in [6.45, 7) is 6.24. The van der Waals surface area contributed by atoms with Crippen LogP contribution in [0.25, 0.3) is 0 Å². The van der Waals surface area contributed by atoms with Gasteiger partial charge in [0, 0.05) is 18.5 Å². The normalized spacial score (nSPS) is 19.1. The highest BCUT2D eigenvalue weighted by Crippen LogP contribution is 2.29. The molecule has 2 N–H and O–H groups in total. The highest BCUT2D eigenvalue weighted by molar-refractivity contribution is 7.13. The minimum absolute atomic E-state index is 0.0140. The van der Waals surface area contributed by atoms with E-state index in [1.54, 1.807) is 11.3 Å². The van der Waals surface area contributed by atoms with Gasteiger partial charge in [-0.1, -0.05) is 13.8 Å². The smallest absolute Gasteiger partial charge is 0.185 e. The van der Waals surface area contributed by atoms with Crippen LogP contribution in [-0.2, 0) is 6.61 Å². The van der Waals surface area contributed by atoms with E-state index in [2.05, 4.69) is 23.7 Å². The van der Waals surface area contributed by atoms with Crippen LogP contribution in [0, 0.1) is 11.8 Å². The Morgan fingerprint density at radius 3 is 2.63 bits per heavy atom. The average molecular weight is 284 g/mol. The zero-order valence-electron chi connectivity index (χ0n) is 11.7. The summed E-state index contributed by atoms with van der Waals surface area (Å²) in [5, 5.41) is 22.1. The Morgan fingerprint density at radius 1 is 1.42 bits per heavy atom. The zero-order valence-corrected chi connectivity index (χ0v) is 12.6. The molecule has 19 heavy (non-hydrogen) atoms. The minimum atomic E-state index is -0.161. The van der Waals surface area contributed by atoms with Gasteiger partial charge >= 0.3 is 0 Å². The molecule has 5 heteroatoms. The van der Waals surface area contributed by atoms with Gasteiger partial charge in [-0.2, -0.15) is 0 Å². The molecule has 1 fully saturated rings. The molecule has 0 aliphatic carbocycles. The molecule has 108 valence electrons. The molecule has 4 nitrogen and oxygen atoms in total. The highest BCUT2D eigenvalue weighted by atomic mass is 32.1. The number of hydrogen-bond acceptors (Lipinski definition) is 5. The van der Waals surface area contributed by atoms with Crippen molar-refractivity contribution in [1.82, 2.24) is 4.98 Å². The summed E-state index contributed by atoms with van der Waals surface area (Å²) in [5.41, 5.74) is 0.752. The third-order valence-electron chi connectivity index (χ3n) is 3.77. The third-order valence-corrected chi connectivity index (χ3v) is 4.72. The lowest BCUT2D eigenvalue weighted by Crippen LogP contribution is -2.38. The molecule has 0 saturated carbocycles. The Morgan fingerprint density at radius 2 is 2.11 bits per heavy atom. The molecule has 2 heterocycles. The van der Waals surface area contributed by atoms with Crippen molar-refractivity contribution < 1.29 is 10.2 Å². The summed E-state index contributed by atoms with van der Waals surface area (Å²) in [6.07, 6.45) is 2.80. The Bertz CT molecular complexity index is 387. The first-order valence-corrected chi connectivity index (χ1v) is 7.96. The maximum absolute atomic E-state index is 10.2. The van der Waals surface area contributed by atoms with Crippen molar-refractivity contribution in [1.29, 1.82) is 0 Å². The molecule has 0 bridgehead atoms. The lowest BCUT2D eigenvalue weighted by Gasteiger charge is -2.34. The topological polar surface area (TPSA) is 56.6 Å². The first-order chi connectivity index (χ1) is 9.10. The summed E-state index contributed by atoms with van der Waals surface area (Å²) >= 11 is 1.59. The van der Waals surface area contributed by atoms with Crippen LogP contribution in [0.2, 0.25) is 0 Å². The van der Waals surface area contributed by atoms with Gasteiger partial charge in [0.25, 0.3) is 0 Å². The average Bonchev–Trinajstić information content (AvgIpc) is 2.87. The quantitative estimate of drug-likeness (QED) is 0.871. The van der Waals surface area contributed by atoms with Crippen LogP contribution in [0.5, 0.6) is 0 Å².